The Morgan fingerprint density at radius 2 is 2.44 bits per heavy atom. The van der Waals surface area contributed by atoms with Gasteiger partial charge in [0.15, 0.2) is 0 Å². The number of ether oxygens (including phenoxy) is 1. The van der Waals surface area contributed by atoms with Gasteiger partial charge in [-0.1, -0.05) is 0 Å². The molecule has 0 radical (unpaired) electrons. The molecule has 0 fully saturated rings. The molecule has 1 aromatic rings. The maximum absolute atomic E-state index is 11.3. The van der Waals surface area contributed by atoms with Gasteiger partial charge in [-0.3, -0.25) is 4.79 Å². The third-order valence-electron chi connectivity index (χ3n) is 2.01. The Bertz CT molecular complexity index is 287. The van der Waals surface area contributed by atoms with Crippen molar-refractivity contribution in [1.82, 2.24) is 20.6 Å². The highest BCUT2D eigenvalue weighted by molar-refractivity contribution is 5.77. The zero-order chi connectivity index (χ0) is 11.6. The highest BCUT2D eigenvalue weighted by atomic mass is 16.5. The summed E-state index contributed by atoms with van der Waals surface area (Å²) in [6.45, 7) is 2.21. The van der Waals surface area contributed by atoms with Gasteiger partial charge in [-0.05, 0) is 0 Å². The minimum Gasteiger partial charge on any atom is -0.383 e. The third-order valence-corrected chi connectivity index (χ3v) is 2.01. The zero-order valence-corrected chi connectivity index (χ0v) is 9.45. The van der Waals surface area contributed by atoms with E-state index in [1.807, 2.05) is 0 Å². The molecule has 0 aliphatic heterocycles. The van der Waals surface area contributed by atoms with E-state index < -0.39 is 0 Å². The molecule has 0 aromatic carbocycles. The highest BCUT2D eigenvalue weighted by Gasteiger charge is 2.00. The number of hydrogen-bond acceptors (Lipinski definition) is 4. The first-order valence-electron chi connectivity index (χ1n) is 5.27. The maximum Gasteiger partial charge on any atom is 0.233 e. The number of H-pyrrole nitrogens is 1. The molecule has 1 rings (SSSR count). The van der Waals surface area contributed by atoms with Crippen LogP contribution in [0.15, 0.2) is 12.4 Å². The van der Waals surface area contributed by atoms with Crippen LogP contribution in [0.25, 0.3) is 0 Å². The Labute approximate surface area is 94.8 Å². The molecule has 6 heteroatoms. The number of aromatic nitrogens is 2. The predicted octanol–water partition coefficient (Wildman–Crippen LogP) is -0.696. The molecule has 0 aliphatic carbocycles. The smallest absolute Gasteiger partial charge is 0.233 e. The molecule has 1 aromatic heterocycles. The maximum atomic E-state index is 11.3. The molecule has 16 heavy (non-hydrogen) atoms. The van der Waals surface area contributed by atoms with Crippen molar-refractivity contribution in [3.05, 3.63) is 18.2 Å². The molecular formula is C10H18N4O2. The Balaban J connectivity index is 1.98. The second-order valence-electron chi connectivity index (χ2n) is 3.31. The fourth-order valence-corrected chi connectivity index (χ4v) is 1.19. The largest absolute Gasteiger partial charge is 0.383 e. The number of carbonyl (C=O) groups is 1. The molecule has 0 aliphatic rings. The molecule has 3 N–H and O–H groups in total. The minimum absolute atomic E-state index is 0.0114. The van der Waals surface area contributed by atoms with Crippen molar-refractivity contribution in [1.29, 1.82) is 0 Å². The quantitative estimate of drug-likeness (QED) is 0.512. The van der Waals surface area contributed by atoms with Gasteiger partial charge in [0.05, 0.1) is 13.2 Å². The van der Waals surface area contributed by atoms with Gasteiger partial charge in [-0.15, -0.1) is 0 Å². The van der Waals surface area contributed by atoms with Crippen LogP contribution in [0.5, 0.6) is 0 Å². The number of methoxy groups -OCH3 is 1. The van der Waals surface area contributed by atoms with Gasteiger partial charge in [-0.25, -0.2) is 4.98 Å². The predicted molar refractivity (Wildman–Crippen MR) is 60.0 cm³/mol. The lowest BCUT2D eigenvalue weighted by atomic mass is 10.4. The number of hydrogen-bond donors (Lipinski definition) is 3. The lowest BCUT2D eigenvalue weighted by Gasteiger charge is -2.05. The summed E-state index contributed by atoms with van der Waals surface area (Å²) >= 11 is 0. The van der Waals surface area contributed by atoms with Crippen LogP contribution < -0.4 is 10.6 Å². The van der Waals surface area contributed by atoms with Gasteiger partial charge < -0.3 is 20.4 Å². The summed E-state index contributed by atoms with van der Waals surface area (Å²) in [6, 6.07) is 0. The Morgan fingerprint density at radius 3 is 3.12 bits per heavy atom. The molecule has 0 saturated carbocycles. The first kappa shape index (κ1) is 12.7. The van der Waals surface area contributed by atoms with E-state index >= 15 is 0 Å². The van der Waals surface area contributed by atoms with Crippen LogP contribution in [0.3, 0.4) is 0 Å². The molecule has 90 valence electrons. The molecule has 0 bridgehead atoms. The van der Waals surface area contributed by atoms with Crippen LogP contribution in [0.1, 0.15) is 5.82 Å². The topological polar surface area (TPSA) is 79.0 Å². The zero-order valence-electron chi connectivity index (χ0n) is 9.45. The summed E-state index contributed by atoms with van der Waals surface area (Å²) in [4.78, 5) is 18.3. The summed E-state index contributed by atoms with van der Waals surface area (Å²) in [5.74, 6) is 0.871. The molecule has 0 spiro atoms. The van der Waals surface area contributed by atoms with E-state index in [1.54, 1.807) is 19.5 Å². The van der Waals surface area contributed by atoms with Crippen LogP contribution in [0.4, 0.5) is 0 Å². The van der Waals surface area contributed by atoms with Crippen molar-refractivity contribution in [2.45, 2.75) is 6.42 Å². The molecule has 6 nitrogen and oxygen atoms in total. The standard InChI is InChI=1S/C10H18N4O2/c1-16-7-6-11-8-10(15)14-3-2-9-12-4-5-13-9/h4-5,11H,2-3,6-8H2,1H3,(H,12,13)(H,14,15). The van der Waals surface area contributed by atoms with Crippen LogP contribution >= 0.6 is 0 Å². The van der Waals surface area contributed by atoms with Gasteiger partial charge in [0.25, 0.3) is 0 Å². The first-order valence-corrected chi connectivity index (χ1v) is 5.27. The lowest BCUT2D eigenvalue weighted by molar-refractivity contribution is -0.120. The Kier molecular flexibility index (Phi) is 6.20. The molecule has 1 amide bonds. The number of aromatic amines is 1. The number of nitrogens with one attached hydrogen (secondary N) is 3. The minimum atomic E-state index is -0.0114. The molecule has 1 heterocycles. The normalized spacial score (nSPS) is 10.3. The fraction of sp³-hybridized carbons (Fsp3) is 0.600. The second-order valence-corrected chi connectivity index (χ2v) is 3.31. The van der Waals surface area contributed by atoms with Crippen molar-refractivity contribution < 1.29 is 9.53 Å². The van der Waals surface area contributed by atoms with E-state index in [9.17, 15) is 4.79 Å². The number of imidazole rings is 1. The van der Waals surface area contributed by atoms with Crippen molar-refractivity contribution in [2.75, 3.05) is 33.4 Å². The average Bonchev–Trinajstić information content (AvgIpc) is 2.77. The van der Waals surface area contributed by atoms with Crippen molar-refractivity contribution in [2.24, 2.45) is 0 Å². The van der Waals surface area contributed by atoms with Crippen LogP contribution in [0.2, 0.25) is 0 Å². The SMILES string of the molecule is COCCNCC(=O)NCCc1ncc[nH]1. The van der Waals surface area contributed by atoms with E-state index in [0.29, 0.717) is 26.2 Å². The van der Waals surface area contributed by atoms with E-state index in [-0.39, 0.29) is 5.91 Å². The lowest BCUT2D eigenvalue weighted by Crippen LogP contribution is -2.36. The van der Waals surface area contributed by atoms with Gasteiger partial charge in [-0.2, -0.15) is 0 Å². The summed E-state index contributed by atoms with van der Waals surface area (Å²) in [5.41, 5.74) is 0. The fourth-order valence-electron chi connectivity index (χ4n) is 1.19. The van der Waals surface area contributed by atoms with Gasteiger partial charge in [0.1, 0.15) is 5.82 Å². The average molecular weight is 226 g/mol. The van der Waals surface area contributed by atoms with Crippen LogP contribution in [0, 0.1) is 0 Å². The van der Waals surface area contributed by atoms with Gasteiger partial charge in [0.2, 0.25) is 5.91 Å². The van der Waals surface area contributed by atoms with Crippen LogP contribution in [-0.2, 0) is 16.0 Å². The highest BCUT2D eigenvalue weighted by Crippen LogP contribution is 1.87. The van der Waals surface area contributed by atoms with E-state index in [2.05, 4.69) is 20.6 Å². The summed E-state index contributed by atoms with van der Waals surface area (Å²) in [6.07, 6.45) is 4.18. The molecular weight excluding hydrogens is 208 g/mol. The monoisotopic (exact) mass is 226 g/mol. The summed E-state index contributed by atoms with van der Waals surface area (Å²) < 4.78 is 4.85. The number of carbonyl (C=O) groups excluding carboxylic acids is 1. The van der Waals surface area contributed by atoms with Crippen molar-refractivity contribution >= 4 is 5.91 Å². The van der Waals surface area contributed by atoms with Crippen molar-refractivity contribution in [3.63, 3.8) is 0 Å². The molecule has 0 unspecified atom stereocenters. The first-order chi connectivity index (χ1) is 7.83. The third kappa shape index (κ3) is 5.47. The molecule has 0 saturated heterocycles. The molecule has 0 atom stereocenters. The van der Waals surface area contributed by atoms with E-state index in [1.165, 1.54) is 0 Å². The van der Waals surface area contributed by atoms with E-state index in [4.69, 9.17) is 4.74 Å². The Morgan fingerprint density at radius 1 is 1.56 bits per heavy atom. The van der Waals surface area contributed by atoms with Crippen molar-refractivity contribution in [3.8, 4) is 0 Å². The number of rotatable bonds is 8. The Hall–Kier alpha value is -1.40. The van der Waals surface area contributed by atoms with Gasteiger partial charge in [0, 0.05) is 39.0 Å². The van der Waals surface area contributed by atoms with Crippen LogP contribution in [-0.4, -0.2) is 49.2 Å². The number of amides is 1. The van der Waals surface area contributed by atoms with E-state index in [0.717, 1.165) is 12.2 Å². The summed E-state index contributed by atoms with van der Waals surface area (Å²) in [7, 11) is 1.63. The second kappa shape index (κ2) is 7.84. The number of nitrogens with zero attached hydrogens (tertiary/aromatic N) is 1. The van der Waals surface area contributed by atoms with Gasteiger partial charge >= 0.3 is 0 Å². The summed E-state index contributed by atoms with van der Waals surface area (Å²) in [5, 5.41) is 5.76.